The van der Waals surface area contributed by atoms with Gasteiger partial charge in [0, 0.05) is 18.7 Å². The van der Waals surface area contributed by atoms with Gasteiger partial charge in [-0.3, -0.25) is 4.90 Å². The lowest BCUT2D eigenvalue weighted by Crippen LogP contribution is -2.46. The van der Waals surface area contributed by atoms with Crippen LogP contribution in [0, 0.1) is 4.84 Å². The van der Waals surface area contributed by atoms with E-state index < -0.39 is 0 Å². The van der Waals surface area contributed by atoms with Crippen molar-refractivity contribution in [2.24, 2.45) is 0 Å². The SMILES string of the molecule is C[C@H]1CN(Cn2nc(-c3ccc4c(c3)OCO4)oc2=S)C[C@H](C)O1. The second-order valence-corrected chi connectivity index (χ2v) is 6.52. The van der Waals surface area contributed by atoms with Gasteiger partial charge in [-0.15, -0.1) is 5.10 Å². The maximum atomic E-state index is 5.75. The molecule has 24 heavy (non-hydrogen) atoms. The molecule has 2 atom stereocenters. The number of nitrogens with zero attached hydrogens (tertiary/aromatic N) is 3. The van der Waals surface area contributed by atoms with Crippen LogP contribution in [0.4, 0.5) is 0 Å². The van der Waals surface area contributed by atoms with Crippen molar-refractivity contribution in [1.29, 1.82) is 0 Å². The fourth-order valence-electron chi connectivity index (χ4n) is 3.13. The molecule has 8 heteroatoms. The lowest BCUT2D eigenvalue weighted by Gasteiger charge is -2.34. The van der Waals surface area contributed by atoms with E-state index in [2.05, 4.69) is 23.8 Å². The number of hydrogen-bond donors (Lipinski definition) is 0. The largest absolute Gasteiger partial charge is 0.454 e. The number of hydrogen-bond acceptors (Lipinski definition) is 7. The molecular weight excluding hydrogens is 330 g/mol. The summed E-state index contributed by atoms with van der Waals surface area (Å²) in [5.41, 5.74) is 0.813. The van der Waals surface area contributed by atoms with Crippen LogP contribution < -0.4 is 9.47 Å². The van der Waals surface area contributed by atoms with E-state index in [0.717, 1.165) is 24.4 Å². The number of ether oxygens (including phenoxy) is 3. The zero-order valence-electron chi connectivity index (χ0n) is 13.6. The van der Waals surface area contributed by atoms with E-state index in [0.29, 0.717) is 23.1 Å². The molecule has 0 aliphatic carbocycles. The smallest absolute Gasteiger partial charge is 0.288 e. The van der Waals surface area contributed by atoms with E-state index in [4.69, 9.17) is 30.8 Å². The second-order valence-electron chi connectivity index (χ2n) is 6.18. The van der Waals surface area contributed by atoms with Crippen molar-refractivity contribution in [1.82, 2.24) is 14.7 Å². The molecule has 0 unspecified atom stereocenters. The van der Waals surface area contributed by atoms with Crippen LogP contribution in [0.1, 0.15) is 13.8 Å². The molecule has 7 nitrogen and oxygen atoms in total. The topological polar surface area (TPSA) is 61.9 Å². The Morgan fingerprint density at radius 1 is 1.17 bits per heavy atom. The van der Waals surface area contributed by atoms with E-state index in [9.17, 15) is 0 Å². The highest BCUT2D eigenvalue weighted by atomic mass is 32.1. The molecule has 128 valence electrons. The maximum absolute atomic E-state index is 5.75. The summed E-state index contributed by atoms with van der Waals surface area (Å²) in [6.07, 6.45) is 0.395. The van der Waals surface area contributed by atoms with E-state index in [1.54, 1.807) is 4.68 Å². The maximum Gasteiger partial charge on any atom is 0.288 e. The Morgan fingerprint density at radius 2 is 1.92 bits per heavy atom. The predicted octanol–water partition coefficient (Wildman–Crippen LogP) is 2.67. The predicted molar refractivity (Wildman–Crippen MR) is 88.5 cm³/mol. The van der Waals surface area contributed by atoms with E-state index >= 15 is 0 Å². The molecule has 0 N–H and O–H groups in total. The molecular formula is C16H19N3O4S. The lowest BCUT2D eigenvalue weighted by molar-refractivity contribution is -0.0778. The monoisotopic (exact) mass is 349 g/mol. The van der Waals surface area contributed by atoms with Crippen LogP contribution in [-0.2, 0) is 11.4 Å². The zero-order chi connectivity index (χ0) is 16.7. The number of benzene rings is 1. The van der Waals surface area contributed by atoms with Crippen LogP contribution in [0.5, 0.6) is 11.5 Å². The molecule has 1 fully saturated rings. The van der Waals surface area contributed by atoms with Gasteiger partial charge in [0.2, 0.25) is 12.7 Å². The fourth-order valence-corrected chi connectivity index (χ4v) is 3.31. The lowest BCUT2D eigenvalue weighted by atomic mass is 10.2. The minimum atomic E-state index is 0.197. The number of aromatic nitrogens is 2. The summed E-state index contributed by atoms with van der Waals surface area (Å²) in [6.45, 7) is 6.66. The van der Waals surface area contributed by atoms with Gasteiger partial charge in [0.1, 0.15) is 0 Å². The van der Waals surface area contributed by atoms with E-state index in [1.165, 1.54) is 0 Å². The van der Waals surface area contributed by atoms with E-state index in [-0.39, 0.29) is 19.0 Å². The van der Waals surface area contributed by atoms with Crippen molar-refractivity contribution < 1.29 is 18.6 Å². The zero-order valence-corrected chi connectivity index (χ0v) is 14.4. The van der Waals surface area contributed by atoms with Gasteiger partial charge in [-0.05, 0) is 44.3 Å². The molecule has 1 aromatic heterocycles. The van der Waals surface area contributed by atoms with Gasteiger partial charge >= 0.3 is 0 Å². The minimum Gasteiger partial charge on any atom is -0.454 e. The van der Waals surface area contributed by atoms with Crippen LogP contribution in [-0.4, -0.2) is 46.8 Å². The van der Waals surface area contributed by atoms with Gasteiger partial charge in [0.05, 0.1) is 18.9 Å². The quantitative estimate of drug-likeness (QED) is 0.790. The molecule has 1 aromatic carbocycles. The standard InChI is InChI=1S/C16H19N3O4S/c1-10-6-18(7-11(2)22-10)8-19-16(24)23-15(17-19)12-3-4-13-14(5-12)21-9-20-13/h3-5,10-11H,6-9H2,1-2H3/t10-,11-/m0/s1. The summed E-state index contributed by atoms with van der Waals surface area (Å²) >= 11 is 5.32. The molecule has 3 heterocycles. The first-order valence-corrected chi connectivity index (χ1v) is 8.35. The van der Waals surface area contributed by atoms with Crippen LogP contribution in [0.3, 0.4) is 0 Å². The third-order valence-corrected chi connectivity index (χ3v) is 4.35. The Balaban J connectivity index is 1.55. The summed E-state index contributed by atoms with van der Waals surface area (Å²) in [5, 5.41) is 4.52. The molecule has 0 bridgehead atoms. The molecule has 2 aliphatic heterocycles. The van der Waals surface area contributed by atoms with Crippen LogP contribution in [0.25, 0.3) is 11.5 Å². The Hall–Kier alpha value is -1.90. The van der Waals surface area contributed by atoms with Crippen molar-refractivity contribution in [3.63, 3.8) is 0 Å². The van der Waals surface area contributed by atoms with Gasteiger partial charge in [0.25, 0.3) is 4.84 Å². The summed E-state index contributed by atoms with van der Waals surface area (Å²) in [4.78, 5) is 2.62. The van der Waals surface area contributed by atoms with Crippen molar-refractivity contribution >= 4 is 12.2 Å². The average Bonchev–Trinajstić information content (AvgIpc) is 3.12. The fraction of sp³-hybridized carbons (Fsp3) is 0.500. The van der Waals surface area contributed by atoms with Crippen LogP contribution in [0.15, 0.2) is 22.6 Å². The van der Waals surface area contributed by atoms with Gasteiger partial charge in [0.15, 0.2) is 11.5 Å². The Bertz CT molecular complexity index is 793. The van der Waals surface area contributed by atoms with Crippen LogP contribution in [0.2, 0.25) is 0 Å². The van der Waals surface area contributed by atoms with Gasteiger partial charge in [-0.25, -0.2) is 4.68 Å². The summed E-state index contributed by atoms with van der Waals surface area (Å²) in [5.74, 6) is 1.90. The van der Waals surface area contributed by atoms with Crippen molar-refractivity contribution in [3.05, 3.63) is 23.0 Å². The van der Waals surface area contributed by atoms with Crippen molar-refractivity contribution in [2.75, 3.05) is 19.9 Å². The minimum absolute atomic E-state index is 0.197. The normalized spacial score (nSPS) is 23.6. The summed E-state index contributed by atoms with van der Waals surface area (Å²) in [7, 11) is 0. The Labute approximate surface area is 144 Å². The Morgan fingerprint density at radius 3 is 2.71 bits per heavy atom. The molecule has 0 amide bonds. The van der Waals surface area contributed by atoms with Crippen molar-refractivity contribution in [3.8, 4) is 23.0 Å². The summed E-state index contributed by atoms with van der Waals surface area (Å²) in [6, 6.07) is 5.59. The molecule has 4 rings (SSSR count). The third kappa shape index (κ3) is 3.04. The van der Waals surface area contributed by atoms with Crippen molar-refractivity contribution in [2.45, 2.75) is 32.7 Å². The van der Waals surface area contributed by atoms with E-state index in [1.807, 2.05) is 18.2 Å². The Kier molecular flexibility index (Phi) is 4.03. The average molecular weight is 349 g/mol. The highest BCUT2D eigenvalue weighted by Crippen LogP contribution is 2.35. The first kappa shape index (κ1) is 15.6. The first-order chi connectivity index (χ1) is 11.6. The highest BCUT2D eigenvalue weighted by molar-refractivity contribution is 7.71. The number of fused-ring (bicyclic) bond motifs is 1. The molecule has 2 aliphatic rings. The van der Waals surface area contributed by atoms with Gasteiger partial charge in [-0.2, -0.15) is 0 Å². The first-order valence-electron chi connectivity index (χ1n) is 7.94. The highest BCUT2D eigenvalue weighted by Gasteiger charge is 2.23. The van der Waals surface area contributed by atoms with Gasteiger partial charge < -0.3 is 18.6 Å². The molecule has 1 saturated heterocycles. The van der Waals surface area contributed by atoms with Crippen LogP contribution >= 0.6 is 12.2 Å². The molecule has 0 spiro atoms. The van der Waals surface area contributed by atoms with Gasteiger partial charge in [-0.1, -0.05) is 0 Å². The molecule has 0 saturated carbocycles. The molecule has 2 aromatic rings. The number of morpholine rings is 1. The molecule has 0 radical (unpaired) electrons. The third-order valence-electron chi connectivity index (χ3n) is 4.05. The summed E-state index contributed by atoms with van der Waals surface area (Å²) < 4.78 is 23.8. The number of rotatable bonds is 3. The second kappa shape index (κ2) is 6.19.